The number of carbonyl (C=O) groups is 1. The highest BCUT2D eigenvalue weighted by Crippen LogP contribution is 2.24. The summed E-state index contributed by atoms with van der Waals surface area (Å²) in [5.41, 5.74) is 7.19. The smallest absolute Gasteiger partial charge is 0.177 e. The fourth-order valence-electron chi connectivity index (χ4n) is 3.64. The van der Waals surface area contributed by atoms with Crippen LogP contribution in [0, 0.1) is 27.7 Å². The number of ketones is 1. The van der Waals surface area contributed by atoms with Crippen LogP contribution in [0.2, 0.25) is 0 Å². The molecule has 0 aromatic heterocycles. The van der Waals surface area contributed by atoms with Gasteiger partial charge in [-0.2, -0.15) is 0 Å². The van der Waals surface area contributed by atoms with Gasteiger partial charge in [-0.3, -0.25) is 9.69 Å². The average molecular weight is 336 g/mol. The molecule has 1 saturated heterocycles. The zero-order valence-electron chi connectivity index (χ0n) is 15.8. The lowest BCUT2D eigenvalue weighted by Gasteiger charge is -2.36. The normalized spacial score (nSPS) is 15.4. The Balaban J connectivity index is 1.61. The first-order chi connectivity index (χ1) is 12.0. The van der Waals surface area contributed by atoms with Gasteiger partial charge in [0.05, 0.1) is 6.54 Å². The molecule has 3 rings (SSSR count). The summed E-state index contributed by atoms with van der Waals surface area (Å²) < 4.78 is 0. The molecule has 0 unspecified atom stereocenters. The molecule has 0 amide bonds. The minimum atomic E-state index is 0.234. The van der Waals surface area contributed by atoms with Gasteiger partial charge in [0.1, 0.15) is 0 Å². The van der Waals surface area contributed by atoms with Gasteiger partial charge in [0.15, 0.2) is 5.78 Å². The Morgan fingerprint density at radius 1 is 0.920 bits per heavy atom. The first kappa shape index (κ1) is 17.7. The standard InChI is InChI=1S/C22H28N2O/c1-16-8-9-20(18(3)14-16)22(25)15-23-10-12-24(13-11-23)21-7-5-6-17(2)19(21)4/h5-9,14H,10-13,15H2,1-4H3. The Morgan fingerprint density at radius 3 is 2.32 bits per heavy atom. The predicted octanol–water partition coefficient (Wildman–Crippen LogP) is 3.93. The van der Waals surface area contributed by atoms with Crippen molar-refractivity contribution in [2.75, 3.05) is 37.6 Å². The van der Waals surface area contributed by atoms with E-state index in [4.69, 9.17) is 0 Å². The maximum atomic E-state index is 12.6. The number of hydrogen-bond acceptors (Lipinski definition) is 3. The van der Waals surface area contributed by atoms with Gasteiger partial charge in [-0.15, -0.1) is 0 Å². The summed E-state index contributed by atoms with van der Waals surface area (Å²) in [6.07, 6.45) is 0. The molecule has 3 nitrogen and oxygen atoms in total. The van der Waals surface area contributed by atoms with Crippen LogP contribution in [0.15, 0.2) is 36.4 Å². The minimum absolute atomic E-state index is 0.234. The molecule has 3 heteroatoms. The fourth-order valence-corrected chi connectivity index (χ4v) is 3.64. The van der Waals surface area contributed by atoms with Gasteiger partial charge in [0.25, 0.3) is 0 Å². The van der Waals surface area contributed by atoms with Crippen molar-refractivity contribution >= 4 is 11.5 Å². The van der Waals surface area contributed by atoms with E-state index >= 15 is 0 Å². The van der Waals surface area contributed by atoms with Gasteiger partial charge in [0.2, 0.25) is 0 Å². The maximum Gasteiger partial charge on any atom is 0.177 e. The summed E-state index contributed by atoms with van der Waals surface area (Å²) >= 11 is 0. The minimum Gasteiger partial charge on any atom is -0.369 e. The van der Waals surface area contributed by atoms with Crippen molar-refractivity contribution in [2.24, 2.45) is 0 Å². The van der Waals surface area contributed by atoms with Crippen molar-refractivity contribution in [1.82, 2.24) is 4.90 Å². The molecule has 0 saturated carbocycles. The second-order valence-corrected chi connectivity index (χ2v) is 7.22. The van der Waals surface area contributed by atoms with Crippen LogP contribution in [0.4, 0.5) is 5.69 Å². The van der Waals surface area contributed by atoms with E-state index in [1.807, 2.05) is 19.1 Å². The van der Waals surface area contributed by atoms with Crippen LogP contribution in [-0.2, 0) is 0 Å². The van der Waals surface area contributed by atoms with E-state index < -0.39 is 0 Å². The topological polar surface area (TPSA) is 23.6 Å². The van der Waals surface area contributed by atoms with Crippen LogP contribution < -0.4 is 4.90 Å². The molecule has 1 aliphatic heterocycles. The Morgan fingerprint density at radius 2 is 1.64 bits per heavy atom. The van der Waals surface area contributed by atoms with Crippen LogP contribution >= 0.6 is 0 Å². The SMILES string of the molecule is Cc1ccc(C(=O)CN2CCN(c3cccc(C)c3C)CC2)c(C)c1. The van der Waals surface area contributed by atoms with Crippen molar-refractivity contribution in [1.29, 1.82) is 0 Å². The third-order valence-electron chi connectivity index (χ3n) is 5.34. The molecule has 0 N–H and O–H groups in total. The number of Topliss-reactive ketones (excluding diaryl/α,β-unsaturated/α-hetero) is 1. The Bertz CT molecular complexity index is 774. The molecular formula is C22H28N2O. The monoisotopic (exact) mass is 336 g/mol. The highest BCUT2D eigenvalue weighted by Gasteiger charge is 2.21. The fraction of sp³-hybridized carbons (Fsp3) is 0.409. The zero-order chi connectivity index (χ0) is 18.0. The highest BCUT2D eigenvalue weighted by molar-refractivity contribution is 5.99. The second-order valence-electron chi connectivity index (χ2n) is 7.22. The molecule has 2 aromatic rings. The van der Waals surface area contributed by atoms with Gasteiger partial charge in [0, 0.05) is 37.4 Å². The lowest BCUT2D eigenvalue weighted by atomic mass is 10.0. The van der Waals surface area contributed by atoms with E-state index in [1.54, 1.807) is 0 Å². The van der Waals surface area contributed by atoms with E-state index in [0.29, 0.717) is 6.54 Å². The summed E-state index contributed by atoms with van der Waals surface area (Å²) in [5.74, 6) is 0.234. The molecule has 25 heavy (non-hydrogen) atoms. The van der Waals surface area contributed by atoms with Crippen LogP contribution in [0.5, 0.6) is 0 Å². The van der Waals surface area contributed by atoms with E-state index in [0.717, 1.165) is 37.3 Å². The molecule has 132 valence electrons. The number of aryl methyl sites for hydroxylation is 3. The number of carbonyl (C=O) groups excluding carboxylic acids is 1. The molecular weight excluding hydrogens is 308 g/mol. The molecule has 0 aliphatic carbocycles. The largest absolute Gasteiger partial charge is 0.369 e. The molecule has 1 aliphatic rings. The van der Waals surface area contributed by atoms with Gasteiger partial charge in [-0.05, 0) is 50.5 Å². The summed E-state index contributed by atoms with van der Waals surface area (Å²) in [7, 11) is 0. The molecule has 0 spiro atoms. The number of rotatable bonds is 4. The van der Waals surface area contributed by atoms with Gasteiger partial charge in [-0.1, -0.05) is 35.9 Å². The van der Waals surface area contributed by atoms with E-state index in [1.165, 1.54) is 22.4 Å². The maximum absolute atomic E-state index is 12.6. The summed E-state index contributed by atoms with van der Waals surface area (Å²) in [5, 5.41) is 0. The molecule has 0 atom stereocenters. The lowest BCUT2D eigenvalue weighted by Crippen LogP contribution is -2.48. The predicted molar refractivity (Wildman–Crippen MR) is 105 cm³/mol. The number of nitrogens with zero attached hydrogens (tertiary/aromatic N) is 2. The molecule has 0 bridgehead atoms. The summed E-state index contributed by atoms with van der Waals surface area (Å²) in [6.45, 7) is 12.8. The van der Waals surface area contributed by atoms with Crippen molar-refractivity contribution in [2.45, 2.75) is 27.7 Å². The van der Waals surface area contributed by atoms with Crippen LogP contribution in [0.25, 0.3) is 0 Å². The number of benzene rings is 2. The Kier molecular flexibility index (Phi) is 5.24. The van der Waals surface area contributed by atoms with Gasteiger partial charge < -0.3 is 4.90 Å². The first-order valence-corrected chi connectivity index (χ1v) is 9.09. The van der Waals surface area contributed by atoms with Crippen molar-refractivity contribution in [3.63, 3.8) is 0 Å². The third kappa shape index (κ3) is 3.93. The Labute approximate surface area is 151 Å². The molecule has 2 aromatic carbocycles. The van der Waals surface area contributed by atoms with Crippen LogP contribution in [0.3, 0.4) is 0 Å². The number of hydrogen-bond donors (Lipinski definition) is 0. The average Bonchev–Trinajstić information content (AvgIpc) is 2.58. The van der Waals surface area contributed by atoms with E-state index in [-0.39, 0.29) is 5.78 Å². The zero-order valence-corrected chi connectivity index (χ0v) is 15.8. The number of anilines is 1. The van der Waals surface area contributed by atoms with Crippen molar-refractivity contribution < 1.29 is 4.79 Å². The first-order valence-electron chi connectivity index (χ1n) is 9.09. The summed E-state index contributed by atoms with van der Waals surface area (Å²) in [6, 6.07) is 12.6. The molecule has 1 fully saturated rings. The molecule has 1 heterocycles. The van der Waals surface area contributed by atoms with Gasteiger partial charge in [-0.25, -0.2) is 0 Å². The van der Waals surface area contributed by atoms with Crippen LogP contribution in [-0.4, -0.2) is 43.4 Å². The summed E-state index contributed by atoms with van der Waals surface area (Å²) in [4.78, 5) is 17.4. The Hall–Kier alpha value is -2.13. The van der Waals surface area contributed by atoms with Gasteiger partial charge >= 0.3 is 0 Å². The highest BCUT2D eigenvalue weighted by atomic mass is 16.1. The molecule has 0 radical (unpaired) electrons. The quantitative estimate of drug-likeness (QED) is 0.791. The lowest BCUT2D eigenvalue weighted by molar-refractivity contribution is 0.0926. The third-order valence-corrected chi connectivity index (χ3v) is 5.34. The van der Waals surface area contributed by atoms with Crippen molar-refractivity contribution in [3.05, 3.63) is 64.2 Å². The van der Waals surface area contributed by atoms with E-state index in [2.05, 4.69) is 54.8 Å². The van der Waals surface area contributed by atoms with Crippen molar-refractivity contribution in [3.8, 4) is 0 Å². The van der Waals surface area contributed by atoms with E-state index in [9.17, 15) is 4.79 Å². The second kappa shape index (κ2) is 7.40. The number of piperazine rings is 1. The van der Waals surface area contributed by atoms with Crippen LogP contribution in [0.1, 0.15) is 32.6 Å².